The van der Waals surface area contributed by atoms with E-state index in [1.807, 2.05) is 31.2 Å². The summed E-state index contributed by atoms with van der Waals surface area (Å²) in [6, 6.07) is 16.2. The number of hydrogen-bond donors (Lipinski definition) is 2. The third-order valence-corrected chi connectivity index (χ3v) is 4.24. The third kappa shape index (κ3) is 5.38. The second kappa shape index (κ2) is 9.45. The number of rotatable bonds is 7. The van der Waals surface area contributed by atoms with Gasteiger partial charge in [0.2, 0.25) is 5.95 Å². The van der Waals surface area contributed by atoms with Crippen LogP contribution in [-0.2, 0) is 11.3 Å². The lowest BCUT2D eigenvalue weighted by molar-refractivity contribution is 0.0526. The number of benzene rings is 2. The molecule has 0 fully saturated rings. The average Bonchev–Trinajstić information content (AvgIpc) is 2.74. The van der Waals surface area contributed by atoms with Crippen LogP contribution in [0.25, 0.3) is 0 Å². The maximum absolute atomic E-state index is 12.4. The number of anilines is 2. The smallest absolute Gasteiger partial charge is 0.338 e. The first kappa shape index (κ1) is 20.0. The van der Waals surface area contributed by atoms with E-state index in [1.54, 1.807) is 37.3 Å². The van der Waals surface area contributed by atoms with Crippen LogP contribution < -0.4 is 10.6 Å². The van der Waals surface area contributed by atoms with E-state index in [0.29, 0.717) is 24.4 Å². The van der Waals surface area contributed by atoms with Crippen LogP contribution in [0.2, 0.25) is 0 Å². The fourth-order valence-corrected chi connectivity index (χ4v) is 2.65. The molecule has 148 valence electrons. The van der Waals surface area contributed by atoms with E-state index < -0.39 is 0 Å². The minimum Gasteiger partial charge on any atom is -0.462 e. The van der Waals surface area contributed by atoms with Gasteiger partial charge in [0.1, 0.15) is 5.69 Å². The summed E-state index contributed by atoms with van der Waals surface area (Å²) in [6.07, 6.45) is 1.52. The van der Waals surface area contributed by atoms with Crippen molar-refractivity contribution in [1.29, 1.82) is 0 Å². The molecular weight excluding hydrogens is 368 g/mol. The molecule has 1 amide bonds. The highest BCUT2D eigenvalue weighted by atomic mass is 16.5. The van der Waals surface area contributed by atoms with Crippen LogP contribution in [-0.4, -0.2) is 28.5 Å². The van der Waals surface area contributed by atoms with Crippen molar-refractivity contribution >= 4 is 23.5 Å². The molecule has 0 bridgehead atoms. The van der Waals surface area contributed by atoms with Crippen molar-refractivity contribution in [2.24, 2.45) is 0 Å². The summed E-state index contributed by atoms with van der Waals surface area (Å²) in [7, 11) is 0. The van der Waals surface area contributed by atoms with E-state index >= 15 is 0 Å². The zero-order valence-corrected chi connectivity index (χ0v) is 16.3. The standard InChI is InChI=1S/C22H22N4O3/c1-3-29-21(28)16-8-10-18(11-9-16)25-22-23-13-12-19(26-22)20(27)24-14-17-7-5-4-6-15(17)2/h4-13H,3,14H2,1-2H3,(H,24,27)(H,23,25,26). The van der Waals surface area contributed by atoms with Crippen molar-refractivity contribution in [2.45, 2.75) is 20.4 Å². The molecule has 0 spiro atoms. The predicted octanol–water partition coefficient (Wildman–Crippen LogP) is 3.64. The van der Waals surface area contributed by atoms with Crippen molar-refractivity contribution in [3.05, 3.63) is 83.2 Å². The Morgan fingerprint density at radius 1 is 1.03 bits per heavy atom. The van der Waals surface area contributed by atoms with E-state index in [2.05, 4.69) is 20.6 Å². The normalized spacial score (nSPS) is 10.3. The minimum atomic E-state index is -0.373. The van der Waals surface area contributed by atoms with Gasteiger partial charge < -0.3 is 15.4 Å². The summed E-state index contributed by atoms with van der Waals surface area (Å²) in [5.41, 5.74) is 3.58. The molecule has 0 saturated heterocycles. The van der Waals surface area contributed by atoms with Crippen molar-refractivity contribution in [3.8, 4) is 0 Å². The minimum absolute atomic E-state index is 0.263. The molecule has 3 aromatic rings. The molecular formula is C22H22N4O3. The molecule has 0 atom stereocenters. The number of aromatic nitrogens is 2. The molecule has 29 heavy (non-hydrogen) atoms. The van der Waals surface area contributed by atoms with Crippen LogP contribution >= 0.6 is 0 Å². The maximum atomic E-state index is 12.4. The molecule has 1 heterocycles. The number of esters is 1. The molecule has 0 aliphatic rings. The van der Waals surface area contributed by atoms with E-state index in [0.717, 1.165) is 11.1 Å². The lowest BCUT2D eigenvalue weighted by Gasteiger charge is -2.09. The molecule has 7 nitrogen and oxygen atoms in total. The van der Waals surface area contributed by atoms with Gasteiger partial charge in [-0.25, -0.2) is 14.8 Å². The number of ether oxygens (including phenoxy) is 1. The van der Waals surface area contributed by atoms with E-state index in [1.165, 1.54) is 6.20 Å². The Labute approximate surface area is 169 Å². The number of nitrogens with one attached hydrogen (secondary N) is 2. The first-order chi connectivity index (χ1) is 14.1. The molecule has 0 aliphatic carbocycles. The summed E-state index contributed by atoms with van der Waals surface area (Å²) in [5, 5.41) is 5.90. The third-order valence-electron chi connectivity index (χ3n) is 4.24. The number of carbonyl (C=O) groups excluding carboxylic acids is 2. The molecule has 0 unspecified atom stereocenters. The summed E-state index contributed by atoms with van der Waals surface area (Å²) < 4.78 is 4.96. The lowest BCUT2D eigenvalue weighted by atomic mass is 10.1. The summed E-state index contributed by atoms with van der Waals surface area (Å²) in [6.45, 7) is 4.51. The number of amides is 1. The van der Waals surface area contributed by atoms with Crippen LogP contribution in [0.4, 0.5) is 11.6 Å². The number of aryl methyl sites for hydroxylation is 1. The van der Waals surface area contributed by atoms with Crippen LogP contribution in [0.3, 0.4) is 0 Å². The maximum Gasteiger partial charge on any atom is 0.338 e. The Kier molecular flexibility index (Phi) is 6.52. The van der Waals surface area contributed by atoms with Gasteiger partial charge in [-0.3, -0.25) is 4.79 Å². The molecule has 0 saturated carbocycles. The summed E-state index contributed by atoms with van der Waals surface area (Å²) in [4.78, 5) is 32.5. The highest BCUT2D eigenvalue weighted by Crippen LogP contribution is 2.15. The van der Waals surface area contributed by atoms with Gasteiger partial charge in [-0.05, 0) is 55.3 Å². The Balaban J connectivity index is 1.64. The van der Waals surface area contributed by atoms with Gasteiger partial charge in [-0.15, -0.1) is 0 Å². The van der Waals surface area contributed by atoms with Gasteiger partial charge in [0.05, 0.1) is 12.2 Å². The van der Waals surface area contributed by atoms with Crippen molar-refractivity contribution < 1.29 is 14.3 Å². The number of hydrogen-bond acceptors (Lipinski definition) is 6. The second-order valence-electron chi connectivity index (χ2n) is 6.30. The van der Waals surface area contributed by atoms with Gasteiger partial charge in [-0.2, -0.15) is 0 Å². The van der Waals surface area contributed by atoms with Crippen molar-refractivity contribution in [3.63, 3.8) is 0 Å². The SMILES string of the molecule is CCOC(=O)c1ccc(Nc2nccc(C(=O)NCc3ccccc3C)n2)cc1. The van der Waals surface area contributed by atoms with E-state index in [4.69, 9.17) is 4.74 Å². The largest absolute Gasteiger partial charge is 0.462 e. The monoisotopic (exact) mass is 390 g/mol. The first-order valence-electron chi connectivity index (χ1n) is 9.27. The Bertz CT molecular complexity index is 1000. The quantitative estimate of drug-likeness (QED) is 0.599. The molecule has 2 aromatic carbocycles. The van der Waals surface area contributed by atoms with Gasteiger partial charge in [0.15, 0.2) is 0 Å². The van der Waals surface area contributed by atoms with Crippen LogP contribution in [0.5, 0.6) is 0 Å². The molecule has 7 heteroatoms. The van der Waals surface area contributed by atoms with Gasteiger partial charge in [-0.1, -0.05) is 24.3 Å². The van der Waals surface area contributed by atoms with Crippen molar-refractivity contribution in [2.75, 3.05) is 11.9 Å². The summed E-state index contributed by atoms with van der Waals surface area (Å²) >= 11 is 0. The number of carbonyl (C=O) groups is 2. The van der Waals surface area contributed by atoms with E-state index in [-0.39, 0.29) is 23.5 Å². The fourth-order valence-electron chi connectivity index (χ4n) is 2.65. The first-order valence-corrected chi connectivity index (χ1v) is 9.27. The van der Waals surface area contributed by atoms with Crippen LogP contribution in [0, 0.1) is 6.92 Å². The van der Waals surface area contributed by atoms with Crippen LogP contribution in [0.15, 0.2) is 60.8 Å². The zero-order chi connectivity index (χ0) is 20.6. The topological polar surface area (TPSA) is 93.2 Å². The van der Waals surface area contributed by atoms with Crippen molar-refractivity contribution in [1.82, 2.24) is 15.3 Å². The molecule has 0 aliphatic heterocycles. The Morgan fingerprint density at radius 3 is 2.52 bits per heavy atom. The van der Waals surface area contributed by atoms with E-state index in [9.17, 15) is 9.59 Å². The number of nitrogens with zero attached hydrogens (tertiary/aromatic N) is 2. The molecule has 3 rings (SSSR count). The lowest BCUT2D eigenvalue weighted by Crippen LogP contribution is -2.24. The molecule has 2 N–H and O–H groups in total. The van der Waals surface area contributed by atoms with Gasteiger partial charge in [0, 0.05) is 18.4 Å². The Hall–Kier alpha value is -3.74. The fraction of sp³-hybridized carbons (Fsp3) is 0.182. The predicted molar refractivity (Wildman–Crippen MR) is 110 cm³/mol. The van der Waals surface area contributed by atoms with Gasteiger partial charge in [0.25, 0.3) is 5.91 Å². The second-order valence-corrected chi connectivity index (χ2v) is 6.30. The highest BCUT2D eigenvalue weighted by molar-refractivity contribution is 5.92. The van der Waals surface area contributed by atoms with Crippen LogP contribution in [0.1, 0.15) is 38.9 Å². The highest BCUT2D eigenvalue weighted by Gasteiger charge is 2.10. The summed E-state index contributed by atoms with van der Waals surface area (Å²) in [5.74, 6) is -0.364. The molecule has 1 aromatic heterocycles. The molecule has 0 radical (unpaired) electrons. The zero-order valence-electron chi connectivity index (χ0n) is 16.3. The van der Waals surface area contributed by atoms with Gasteiger partial charge >= 0.3 is 5.97 Å². The Morgan fingerprint density at radius 2 is 1.79 bits per heavy atom. The average molecular weight is 390 g/mol.